The van der Waals surface area contributed by atoms with E-state index in [1.54, 1.807) is 12.1 Å². The molecule has 196 valence electrons. The van der Waals surface area contributed by atoms with E-state index in [0.717, 1.165) is 15.3 Å². The number of carbonyl (C=O) groups is 1. The molecule has 38 heavy (non-hydrogen) atoms. The monoisotopic (exact) mass is 572 g/mol. The lowest BCUT2D eigenvalue weighted by molar-refractivity contribution is -0.113. The zero-order valence-corrected chi connectivity index (χ0v) is 22.7. The summed E-state index contributed by atoms with van der Waals surface area (Å²) in [6.45, 7) is 0.158. The van der Waals surface area contributed by atoms with Gasteiger partial charge < -0.3 is 9.88 Å². The predicted octanol–water partition coefficient (Wildman–Crippen LogP) is 4.51. The van der Waals surface area contributed by atoms with E-state index in [1.165, 1.54) is 56.2 Å². The summed E-state index contributed by atoms with van der Waals surface area (Å²) in [5, 5.41) is 12.2. The van der Waals surface area contributed by atoms with Crippen LogP contribution in [0.25, 0.3) is 16.8 Å². The Labute approximate surface area is 227 Å². The summed E-state index contributed by atoms with van der Waals surface area (Å²) in [4.78, 5) is 12.8. The molecular weight excluding hydrogens is 551 g/mol. The minimum Gasteiger partial charge on any atom is -0.325 e. The second kappa shape index (κ2) is 10.4. The van der Waals surface area contributed by atoms with Gasteiger partial charge in [-0.05, 0) is 48.5 Å². The highest BCUT2D eigenvalue weighted by Crippen LogP contribution is 2.29. The summed E-state index contributed by atoms with van der Waals surface area (Å²) in [5.74, 6) is -0.175. The molecule has 2 heterocycles. The van der Waals surface area contributed by atoms with Crippen LogP contribution in [-0.4, -0.2) is 57.6 Å². The highest BCUT2D eigenvalue weighted by molar-refractivity contribution is 7.99. The van der Waals surface area contributed by atoms with Crippen LogP contribution in [0.5, 0.6) is 0 Å². The van der Waals surface area contributed by atoms with Crippen molar-refractivity contribution in [3.63, 3.8) is 0 Å². The number of nitrogens with zero attached hydrogens (tertiary/aromatic N) is 5. The number of aromatic nitrogens is 4. The maximum absolute atomic E-state index is 14.5. The van der Waals surface area contributed by atoms with Crippen molar-refractivity contribution in [2.24, 2.45) is 0 Å². The fourth-order valence-electron chi connectivity index (χ4n) is 3.98. The van der Waals surface area contributed by atoms with Crippen LogP contribution < -0.4 is 5.32 Å². The number of sulfonamides is 1. The Morgan fingerprint density at radius 3 is 2.42 bits per heavy atom. The molecule has 1 N–H and O–H groups in total. The van der Waals surface area contributed by atoms with Gasteiger partial charge in [-0.2, -0.15) is 0 Å². The third-order valence-corrected chi connectivity index (χ3v) is 9.01. The molecule has 0 saturated carbocycles. The molecule has 0 bridgehead atoms. The molecule has 5 aromatic rings. The second-order valence-electron chi connectivity index (χ2n) is 8.54. The smallest absolute Gasteiger partial charge is 0.242 e. The van der Waals surface area contributed by atoms with Gasteiger partial charge in [0.15, 0.2) is 5.16 Å². The Morgan fingerprint density at radius 2 is 1.74 bits per heavy atom. The Bertz CT molecular complexity index is 1750. The molecule has 9 nitrogen and oxygen atoms in total. The average Bonchev–Trinajstić information content (AvgIpc) is 3.44. The molecule has 0 atom stereocenters. The molecule has 0 spiro atoms. The molecule has 0 fully saturated rings. The molecule has 1 amide bonds. The molecule has 0 aliphatic rings. The summed E-state index contributed by atoms with van der Waals surface area (Å²) in [5.41, 5.74) is 2.44. The van der Waals surface area contributed by atoms with Crippen molar-refractivity contribution in [3.8, 4) is 0 Å². The maximum atomic E-state index is 14.5. The minimum atomic E-state index is -3.56. The Morgan fingerprint density at radius 1 is 1.03 bits per heavy atom. The van der Waals surface area contributed by atoms with E-state index in [1.807, 2.05) is 33.2 Å². The van der Waals surface area contributed by atoms with Crippen LogP contribution in [0.1, 0.15) is 5.56 Å². The first-order valence-corrected chi connectivity index (χ1v) is 14.2. The SMILES string of the molecule is CN(C)S(=O)(=O)c1ccc(NC(=O)CSc2nnc3n(Cc4c(F)cccc4Cl)c4ccccc4n23)cc1. The largest absolute Gasteiger partial charge is 0.325 e. The first-order chi connectivity index (χ1) is 18.2. The van der Waals surface area contributed by atoms with Gasteiger partial charge in [0, 0.05) is 30.4 Å². The van der Waals surface area contributed by atoms with Crippen molar-refractivity contribution >= 4 is 61.8 Å². The van der Waals surface area contributed by atoms with Crippen molar-refractivity contribution < 1.29 is 17.6 Å². The van der Waals surface area contributed by atoms with E-state index >= 15 is 0 Å². The highest BCUT2D eigenvalue weighted by atomic mass is 35.5. The predicted molar refractivity (Wildman–Crippen MR) is 146 cm³/mol. The minimum absolute atomic E-state index is 0.0389. The molecule has 2 aromatic heterocycles. The Balaban J connectivity index is 1.36. The van der Waals surface area contributed by atoms with E-state index in [4.69, 9.17) is 11.6 Å². The van der Waals surface area contributed by atoms with Crippen LogP contribution >= 0.6 is 23.4 Å². The number of para-hydroxylation sites is 2. The maximum Gasteiger partial charge on any atom is 0.242 e. The molecule has 0 saturated heterocycles. The van der Waals surface area contributed by atoms with Crippen molar-refractivity contribution in [2.75, 3.05) is 25.2 Å². The van der Waals surface area contributed by atoms with Gasteiger partial charge in [0.05, 0.1) is 28.2 Å². The first kappa shape index (κ1) is 26.2. The molecule has 0 radical (unpaired) electrons. The lowest BCUT2D eigenvalue weighted by Gasteiger charge is -2.12. The van der Waals surface area contributed by atoms with Crippen LogP contribution in [0, 0.1) is 5.82 Å². The summed E-state index contributed by atoms with van der Waals surface area (Å²) in [6, 6.07) is 18.1. The van der Waals surface area contributed by atoms with Gasteiger partial charge in [0.25, 0.3) is 0 Å². The normalized spacial score (nSPS) is 12.0. The van der Waals surface area contributed by atoms with E-state index < -0.39 is 15.8 Å². The summed E-state index contributed by atoms with van der Waals surface area (Å²) in [6.07, 6.45) is 0. The quantitative estimate of drug-likeness (QED) is 0.275. The number of fused-ring (bicyclic) bond motifs is 3. The molecule has 0 unspecified atom stereocenters. The first-order valence-electron chi connectivity index (χ1n) is 11.4. The van der Waals surface area contributed by atoms with Crippen molar-refractivity contribution in [1.82, 2.24) is 23.5 Å². The number of hydrogen-bond donors (Lipinski definition) is 1. The van der Waals surface area contributed by atoms with Gasteiger partial charge in [-0.25, -0.2) is 17.1 Å². The molecule has 5 rings (SSSR count). The van der Waals surface area contributed by atoms with Crippen molar-refractivity contribution in [1.29, 1.82) is 0 Å². The number of thioether (sulfide) groups is 1. The van der Waals surface area contributed by atoms with E-state index in [-0.39, 0.29) is 23.1 Å². The topological polar surface area (TPSA) is 102 Å². The van der Waals surface area contributed by atoms with Gasteiger partial charge in [0.1, 0.15) is 5.82 Å². The summed E-state index contributed by atoms with van der Waals surface area (Å²) in [7, 11) is -0.646. The van der Waals surface area contributed by atoms with Crippen LogP contribution in [0.15, 0.2) is 76.8 Å². The fourth-order valence-corrected chi connectivity index (χ4v) is 5.84. The van der Waals surface area contributed by atoms with Crippen molar-refractivity contribution in [2.45, 2.75) is 16.6 Å². The van der Waals surface area contributed by atoms with Crippen molar-refractivity contribution in [3.05, 3.63) is 83.1 Å². The number of hydrogen-bond acceptors (Lipinski definition) is 6. The second-order valence-corrected chi connectivity index (χ2v) is 12.0. The Kier molecular flexibility index (Phi) is 7.14. The molecule has 0 aliphatic carbocycles. The summed E-state index contributed by atoms with van der Waals surface area (Å²) >= 11 is 7.47. The van der Waals surface area contributed by atoms with Gasteiger partial charge in [-0.1, -0.05) is 41.6 Å². The number of halogens is 2. The van der Waals surface area contributed by atoms with E-state index in [9.17, 15) is 17.6 Å². The zero-order valence-electron chi connectivity index (χ0n) is 20.3. The molecule has 3 aromatic carbocycles. The van der Waals surface area contributed by atoms with Crippen LogP contribution in [0.3, 0.4) is 0 Å². The van der Waals surface area contributed by atoms with E-state index in [0.29, 0.717) is 27.2 Å². The number of anilines is 1. The highest BCUT2D eigenvalue weighted by Gasteiger charge is 2.20. The summed E-state index contributed by atoms with van der Waals surface area (Å²) < 4.78 is 43.8. The number of imidazole rings is 1. The molecule has 13 heteroatoms. The Hall–Kier alpha value is -3.45. The number of amides is 1. The number of benzene rings is 3. The van der Waals surface area contributed by atoms with Gasteiger partial charge in [-0.15, -0.1) is 10.2 Å². The fraction of sp³-hybridized carbons (Fsp3) is 0.160. The van der Waals surface area contributed by atoms with E-state index in [2.05, 4.69) is 15.5 Å². The number of nitrogens with one attached hydrogen (secondary N) is 1. The van der Waals surface area contributed by atoms with Crippen LogP contribution in [-0.2, 0) is 21.4 Å². The van der Waals surface area contributed by atoms with Crippen LogP contribution in [0.2, 0.25) is 5.02 Å². The number of carbonyl (C=O) groups excluding carboxylic acids is 1. The standard InChI is InChI=1S/C25H22ClFN6O3S2/c1-31(2)38(35,36)17-12-10-16(11-13-17)28-23(34)15-37-25-30-29-24-32(14-18-19(26)6-5-7-20(18)27)21-8-3-4-9-22(21)33(24)25/h3-13H,14-15H2,1-2H3,(H,28,34). The van der Waals surface area contributed by atoms with Gasteiger partial charge >= 0.3 is 0 Å². The number of rotatable bonds is 8. The lowest BCUT2D eigenvalue weighted by Crippen LogP contribution is -2.22. The molecule has 0 aliphatic heterocycles. The van der Waals surface area contributed by atoms with Gasteiger partial charge in [0.2, 0.25) is 21.7 Å². The lowest BCUT2D eigenvalue weighted by atomic mass is 10.2. The third-order valence-electron chi connectivity index (χ3n) is 5.90. The third kappa shape index (κ3) is 4.87. The van der Waals surface area contributed by atoms with Gasteiger partial charge in [-0.3, -0.25) is 9.20 Å². The molecular formula is C25H22ClFN6O3S2. The van der Waals surface area contributed by atoms with Crippen LogP contribution in [0.4, 0.5) is 10.1 Å². The average molecular weight is 573 g/mol. The zero-order chi connectivity index (χ0) is 27.0.